The Labute approximate surface area is 116 Å². The molecule has 1 aromatic carbocycles. The summed E-state index contributed by atoms with van der Waals surface area (Å²) in [5.41, 5.74) is 1.53. The van der Waals surface area contributed by atoms with Gasteiger partial charge in [-0.3, -0.25) is 4.79 Å². The summed E-state index contributed by atoms with van der Waals surface area (Å²) < 4.78 is 0. The number of fused-ring (bicyclic) bond motifs is 1. The highest BCUT2D eigenvalue weighted by atomic mass is 35.5. The number of thiophene rings is 1. The van der Waals surface area contributed by atoms with Crippen LogP contribution in [0.3, 0.4) is 0 Å². The van der Waals surface area contributed by atoms with Crippen molar-refractivity contribution in [2.24, 2.45) is 0 Å². The minimum Gasteiger partial charge on any atom is -0.313 e. The number of nitrogens with zero attached hydrogens (tertiary/aromatic N) is 1. The highest BCUT2D eigenvalue weighted by molar-refractivity contribution is 7.17. The van der Waals surface area contributed by atoms with Crippen molar-refractivity contribution in [3.8, 4) is 11.1 Å². The van der Waals surface area contributed by atoms with E-state index < -0.39 is 0 Å². The molecule has 2 heterocycles. The number of H-pyrrole nitrogens is 1. The highest BCUT2D eigenvalue weighted by Gasteiger charge is 2.11. The van der Waals surface area contributed by atoms with Crippen LogP contribution in [0, 0.1) is 0 Å². The van der Waals surface area contributed by atoms with E-state index in [4.69, 9.17) is 23.2 Å². The second-order valence-electron chi connectivity index (χ2n) is 3.69. The van der Waals surface area contributed by atoms with Gasteiger partial charge in [-0.15, -0.1) is 11.3 Å². The summed E-state index contributed by atoms with van der Waals surface area (Å²) in [6, 6.07) is 5.30. The fraction of sp³-hybridized carbons (Fsp3) is 0. The van der Waals surface area contributed by atoms with E-state index in [9.17, 15) is 4.79 Å². The SMILES string of the molecule is O=c1[nH]cnc2scc(-c3ccc(Cl)c(Cl)c3)c12. The maximum absolute atomic E-state index is 11.8. The van der Waals surface area contributed by atoms with Gasteiger partial charge in [-0.05, 0) is 17.7 Å². The van der Waals surface area contributed by atoms with Crippen molar-refractivity contribution in [1.82, 2.24) is 9.97 Å². The lowest BCUT2D eigenvalue weighted by Crippen LogP contribution is -2.05. The monoisotopic (exact) mass is 296 g/mol. The summed E-state index contributed by atoms with van der Waals surface area (Å²) in [6.45, 7) is 0. The number of benzene rings is 1. The van der Waals surface area contributed by atoms with Crippen molar-refractivity contribution >= 4 is 44.8 Å². The number of hydrogen-bond donors (Lipinski definition) is 1. The molecule has 3 aromatic rings. The number of aromatic amines is 1. The molecule has 0 fully saturated rings. The zero-order valence-electron chi connectivity index (χ0n) is 8.91. The molecule has 1 N–H and O–H groups in total. The molecule has 0 aliphatic rings. The molecule has 90 valence electrons. The lowest BCUT2D eigenvalue weighted by Gasteiger charge is -2.01. The number of nitrogens with one attached hydrogen (secondary N) is 1. The maximum atomic E-state index is 11.8. The molecule has 3 rings (SSSR count). The minimum absolute atomic E-state index is 0.151. The molecule has 0 saturated heterocycles. The van der Waals surface area contributed by atoms with Gasteiger partial charge in [0.05, 0.1) is 21.8 Å². The highest BCUT2D eigenvalue weighted by Crippen LogP contribution is 2.33. The predicted octanol–water partition coefficient (Wildman–Crippen LogP) is 3.96. The second-order valence-corrected chi connectivity index (χ2v) is 5.36. The average molecular weight is 297 g/mol. The van der Waals surface area contributed by atoms with Crippen LogP contribution in [0.25, 0.3) is 21.3 Å². The van der Waals surface area contributed by atoms with E-state index in [1.165, 1.54) is 17.7 Å². The van der Waals surface area contributed by atoms with E-state index in [0.717, 1.165) is 11.1 Å². The van der Waals surface area contributed by atoms with Gasteiger partial charge >= 0.3 is 0 Å². The third kappa shape index (κ3) is 1.82. The predicted molar refractivity (Wildman–Crippen MR) is 75.7 cm³/mol. The van der Waals surface area contributed by atoms with Crippen LogP contribution in [0.4, 0.5) is 0 Å². The average Bonchev–Trinajstić information content (AvgIpc) is 2.78. The van der Waals surface area contributed by atoms with Crippen LogP contribution in [0.15, 0.2) is 34.7 Å². The molecule has 0 bridgehead atoms. The van der Waals surface area contributed by atoms with Crippen LogP contribution in [-0.2, 0) is 0 Å². The van der Waals surface area contributed by atoms with Crippen LogP contribution in [0.1, 0.15) is 0 Å². The van der Waals surface area contributed by atoms with Gasteiger partial charge < -0.3 is 4.98 Å². The maximum Gasteiger partial charge on any atom is 0.260 e. The molecular weight excluding hydrogens is 291 g/mol. The van der Waals surface area contributed by atoms with Crippen molar-refractivity contribution in [3.05, 3.63) is 50.3 Å². The van der Waals surface area contributed by atoms with Crippen molar-refractivity contribution in [3.63, 3.8) is 0 Å². The van der Waals surface area contributed by atoms with Crippen LogP contribution in [0.2, 0.25) is 10.0 Å². The fourth-order valence-electron chi connectivity index (χ4n) is 1.76. The van der Waals surface area contributed by atoms with E-state index in [0.29, 0.717) is 20.3 Å². The summed E-state index contributed by atoms with van der Waals surface area (Å²) in [7, 11) is 0. The van der Waals surface area contributed by atoms with Gasteiger partial charge in [-0.25, -0.2) is 4.98 Å². The molecule has 0 aliphatic carbocycles. The van der Waals surface area contributed by atoms with Gasteiger partial charge in [0.15, 0.2) is 0 Å². The molecule has 0 saturated carbocycles. The Balaban J connectivity index is 2.32. The standard InChI is InChI=1S/C12H6Cl2N2OS/c13-8-2-1-6(3-9(8)14)7-4-18-12-10(7)11(17)15-5-16-12/h1-5H,(H,15,16,17). The molecule has 3 nitrogen and oxygen atoms in total. The smallest absolute Gasteiger partial charge is 0.260 e. The summed E-state index contributed by atoms with van der Waals surface area (Å²) in [4.78, 5) is 19.3. The first kappa shape index (κ1) is 11.7. The van der Waals surface area contributed by atoms with Crippen molar-refractivity contribution < 1.29 is 0 Å². The Morgan fingerprint density at radius 1 is 1.22 bits per heavy atom. The Kier molecular flexibility index (Phi) is 2.86. The first-order valence-corrected chi connectivity index (χ1v) is 6.70. The fourth-order valence-corrected chi connectivity index (χ4v) is 2.98. The normalized spacial score (nSPS) is 11.0. The van der Waals surface area contributed by atoms with Gasteiger partial charge in [0.25, 0.3) is 5.56 Å². The van der Waals surface area contributed by atoms with Gasteiger partial charge in [0.1, 0.15) is 4.83 Å². The lowest BCUT2D eigenvalue weighted by molar-refractivity contribution is 1.18. The quantitative estimate of drug-likeness (QED) is 0.739. The van der Waals surface area contributed by atoms with Crippen molar-refractivity contribution in [2.75, 3.05) is 0 Å². The molecule has 0 spiro atoms. The Morgan fingerprint density at radius 2 is 2.06 bits per heavy atom. The summed E-state index contributed by atoms with van der Waals surface area (Å²) >= 11 is 13.3. The zero-order chi connectivity index (χ0) is 12.7. The van der Waals surface area contributed by atoms with Crippen molar-refractivity contribution in [1.29, 1.82) is 0 Å². The Morgan fingerprint density at radius 3 is 2.83 bits per heavy atom. The molecule has 0 unspecified atom stereocenters. The molecule has 0 radical (unpaired) electrons. The Hall–Kier alpha value is -1.36. The molecule has 18 heavy (non-hydrogen) atoms. The van der Waals surface area contributed by atoms with E-state index in [-0.39, 0.29) is 5.56 Å². The van der Waals surface area contributed by atoms with Gasteiger partial charge in [0.2, 0.25) is 0 Å². The van der Waals surface area contributed by atoms with Crippen LogP contribution < -0.4 is 5.56 Å². The lowest BCUT2D eigenvalue weighted by atomic mass is 10.1. The molecule has 2 aromatic heterocycles. The zero-order valence-corrected chi connectivity index (χ0v) is 11.2. The van der Waals surface area contributed by atoms with Crippen LogP contribution in [-0.4, -0.2) is 9.97 Å². The molecular formula is C12H6Cl2N2OS. The van der Waals surface area contributed by atoms with Crippen molar-refractivity contribution in [2.45, 2.75) is 0 Å². The molecule has 6 heteroatoms. The number of hydrogen-bond acceptors (Lipinski definition) is 3. The summed E-state index contributed by atoms with van der Waals surface area (Å²) in [5.74, 6) is 0. The summed E-state index contributed by atoms with van der Waals surface area (Å²) in [5, 5.41) is 3.44. The first-order valence-electron chi connectivity index (χ1n) is 5.07. The van der Waals surface area contributed by atoms with Gasteiger partial charge in [-0.1, -0.05) is 29.3 Å². The van der Waals surface area contributed by atoms with Gasteiger partial charge in [-0.2, -0.15) is 0 Å². The van der Waals surface area contributed by atoms with E-state index in [1.807, 2.05) is 11.4 Å². The number of aromatic nitrogens is 2. The van der Waals surface area contributed by atoms with E-state index in [1.54, 1.807) is 12.1 Å². The van der Waals surface area contributed by atoms with Gasteiger partial charge in [0, 0.05) is 10.9 Å². The number of rotatable bonds is 1. The van der Waals surface area contributed by atoms with Crippen LogP contribution >= 0.6 is 34.5 Å². The summed E-state index contributed by atoms with van der Waals surface area (Å²) in [6.07, 6.45) is 1.40. The Bertz CT molecular complexity index is 794. The third-order valence-corrected chi connectivity index (χ3v) is 4.23. The van der Waals surface area contributed by atoms with Crippen LogP contribution in [0.5, 0.6) is 0 Å². The molecule has 0 atom stereocenters. The molecule has 0 amide bonds. The topological polar surface area (TPSA) is 45.8 Å². The minimum atomic E-state index is -0.151. The first-order chi connectivity index (χ1) is 8.66. The third-order valence-electron chi connectivity index (χ3n) is 2.61. The van der Waals surface area contributed by atoms with E-state index >= 15 is 0 Å². The molecule has 0 aliphatic heterocycles. The largest absolute Gasteiger partial charge is 0.313 e. The number of halogens is 2. The van der Waals surface area contributed by atoms with E-state index in [2.05, 4.69) is 9.97 Å². The second kappa shape index (κ2) is 4.39.